The van der Waals surface area contributed by atoms with E-state index in [1.807, 2.05) is 13.1 Å². The summed E-state index contributed by atoms with van der Waals surface area (Å²) in [7, 11) is 0. The summed E-state index contributed by atoms with van der Waals surface area (Å²) in [6, 6.07) is 0. The lowest BCUT2D eigenvalue weighted by atomic mass is 10.0. The minimum Gasteiger partial charge on any atom is -0.369 e. The number of hydrogen-bond acceptors (Lipinski definition) is 2. The van der Waals surface area contributed by atoms with Crippen molar-refractivity contribution in [3.63, 3.8) is 0 Å². The van der Waals surface area contributed by atoms with Crippen molar-refractivity contribution in [2.24, 2.45) is 5.92 Å². The van der Waals surface area contributed by atoms with Gasteiger partial charge >= 0.3 is 0 Å². The molecule has 0 unspecified atom stereocenters. The fraction of sp³-hybridized carbons (Fsp3) is 0.700. The van der Waals surface area contributed by atoms with Crippen LogP contribution in [0.3, 0.4) is 0 Å². The second-order valence-corrected chi connectivity index (χ2v) is 3.55. The number of nitrogens with two attached hydrogens (primary N) is 1. The molecule has 0 atom stereocenters. The topological polar surface area (TPSA) is 43.8 Å². The van der Waals surface area contributed by atoms with Crippen molar-refractivity contribution in [2.75, 3.05) is 5.73 Å². The molecule has 1 aromatic rings. The summed E-state index contributed by atoms with van der Waals surface area (Å²) in [6.07, 6.45) is 4.23. The Bertz CT molecular complexity index is 242. The maximum Gasteiger partial charge on any atom is 0.200 e. The highest BCUT2D eigenvalue weighted by molar-refractivity contribution is 5.21. The van der Waals surface area contributed by atoms with Gasteiger partial charge in [0.15, 0.2) is 5.95 Å². The van der Waals surface area contributed by atoms with Gasteiger partial charge in [0.25, 0.3) is 0 Å². The molecule has 1 rings (SSSR count). The Morgan fingerprint density at radius 1 is 1.46 bits per heavy atom. The summed E-state index contributed by atoms with van der Waals surface area (Å²) in [5.74, 6) is 1.36. The van der Waals surface area contributed by atoms with Gasteiger partial charge in [0, 0.05) is 12.2 Å². The Morgan fingerprint density at radius 2 is 2.08 bits per heavy atom. The van der Waals surface area contributed by atoms with E-state index in [0.29, 0.717) is 5.95 Å². The van der Waals surface area contributed by atoms with Crippen LogP contribution in [-0.2, 0) is 6.54 Å². The van der Waals surface area contributed by atoms with Gasteiger partial charge in [0.1, 0.15) is 0 Å². The van der Waals surface area contributed by atoms with E-state index in [-0.39, 0.29) is 0 Å². The molecule has 0 spiro atoms. The van der Waals surface area contributed by atoms with E-state index in [4.69, 9.17) is 5.73 Å². The Morgan fingerprint density at radius 3 is 2.46 bits per heavy atom. The molecule has 0 aliphatic carbocycles. The molecule has 3 heteroatoms. The normalized spacial score (nSPS) is 11.1. The van der Waals surface area contributed by atoms with E-state index in [0.717, 1.165) is 18.2 Å². The molecule has 0 saturated heterocycles. The summed E-state index contributed by atoms with van der Waals surface area (Å²) < 4.78 is 2.09. The molecule has 13 heavy (non-hydrogen) atoms. The van der Waals surface area contributed by atoms with Crippen LogP contribution in [0.15, 0.2) is 6.20 Å². The van der Waals surface area contributed by atoms with Gasteiger partial charge in [0.2, 0.25) is 0 Å². The van der Waals surface area contributed by atoms with Crippen LogP contribution in [-0.4, -0.2) is 9.55 Å². The van der Waals surface area contributed by atoms with E-state index in [1.165, 1.54) is 12.8 Å². The van der Waals surface area contributed by atoms with Crippen LogP contribution in [0.2, 0.25) is 0 Å². The first kappa shape index (κ1) is 10.1. The third-order valence-corrected chi connectivity index (χ3v) is 2.68. The lowest BCUT2D eigenvalue weighted by molar-refractivity contribution is 0.417. The van der Waals surface area contributed by atoms with Crippen LogP contribution in [0.1, 0.15) is 32.4 Å². The summed E-state index contributed by atoms with van der Waals surface area (Å²) in [5.41, 5.74) is 6.91. The van der Waals surface area contributed by atoms with Crippen molar-refractivity contribution < 1.29 is 0 Å². The monoisotopic (exact) mass is 181 g/mol. The van der Waals surface area contributed by atoms with E-state index >= 15 is 0 Å². The molecular formula is C10H19N3. The van der Waals surface area contributed by atoms with Crippen LogP contribution in [0, 0.1) is 12.8 Å². The predicted octanol–water partition coefficient (Wildman–Crippen LogP) is 2.21. The lowest BCUT2D eigenvalue weighted by Crippen LogP contribution is -2.12. The summed E-state index contributed by atoms with van der Waals surface area (Å²) in [6.45, 7) is 7.49. The average molecular weight is 181 g/mol. The molecule has 1 heterocycles. The predicted molar refractivity (Wildman–Crippen MR) is 55.4 cm³/mol. The molecule has 0 saturated carbocycles. The van der Waals surface area contributed by atoms with E-state index < -0.39 is 0 Å². The third-order valence-electron chi connectivity index (χ3n) is 2.68. The minimum atomic E-state index is 0.643. The first-order chi connectivity index (χ1) is 6.19. The number of hydrogen-bond donors (Lipinski definition) is 1. The number of nitrogens with zero attached hydrogens (tertiary/aromatic N) is 2. The molecule has 2 N–H and O–H groups in total. The Labute approximate surface area is 80.0 Å². The summed E-state index contributed by atoms with van der Waals surface area (Å²) >= 11 is 0. The second-order valence-electron chi connectivity index (χ2n) is 3.55. The highest BCUT2D eigenvalue weighted by atomic mass is 15.1. The maximum absolute atomic E-state index is 5.75. The molecular weight excluding hydrogens is 162 g/mol. The fourth-order valence-corrected chi connectivity index (χ4v) is 1.52. The first-order valence-electron chi connectivity index (χ1n) is 4.96. The van der Waals surface area contributed by atoms with Gasteiger partial charge in [-0.3, -0.25) is 0 Å². The average Bonchev–Trinajstić information content (AvgIpc) is 2.44. The first-order valence-corrected chi connectivity index (χ1v) is 4.96. The zero-order chi connectivity index (χ0) is 9.84. The zero-order valence-electron chi connectivity index (χ0n) is 8.75. The quantitative estimate of drug-likeness (QED) is 0.774. The van der Waals surface area contributed by atoms with E-state index in [2.05, 4.69) is 23.4 Å². The number of imidazole rings is 1. The largest absolute Gasteiger partial charge is 0.369 e. The summed E-state index contributed by atoms with van der Waals surface area (Å²) in [5, 5.41) is 0. The summed E-state index contributed by atoms with van der Waals surface area (Å²) in [4.78, 5) is 4.08. The molecule has 0 amide bonds. The van der Waals surface area contributed by atoms with Gasteiger partial charge < -0.3 is 10.3 Å². The van der Waals surface area contributed by atoms with Gasteiger partial charge in [-0.2, -0.15) is 0 Å². The van der Waals surface area contributed by atoms with Crippen molar-refractivity contribution in [3.8, 4) is 0 Å². The van der Waals surface area contributed by atoms with Crippen LogP contribution in [0.5, 0.6) is 0 Å². The SMILES string of the molecule is CCC(CC)Cn1c(C)cnc1N. The maximum atomic E-state index is 5.75. The number of aryl methyl sites for hydroxylation is 1. The van der Waals surface area contributed by atoms with Crippen LogP contribution >= 0.6 is 0 Å². The molecule has 3 nitrogen and oxygen atoms in total. The molecule has 0 aliphatic heterocycles. The van der Waals surface area contributed by atoms with Crippen molar-refractivity contribution in [1.29, 1.82) is 0 Å². The minimum absolute atomic E-state index is 0.643. The smallest absolute Gasteiger partial charge is 0.200 e. The van der Waals surface area contributed by atoms with E-state index in [1.54, 1.807) is 0 Å². The molecule has 0 radical (unpaired) electrons. The molecule has 0 bridgehead atoms. The Kier molecular flexibility index (Phi) is 3.34. The van der Waals surface area contributed by atoms with Gasteiger partial charge in [-0.05, 0) is 12.8 Å². The number of aromatic nitrogens is 2. The Hall–Kier alpha value is -0.990. The number of rotatable bonds is 4. The van der Waals surface area contributed by atoms with Crippen LogP contribution < -0.4 is 5.73 Å². The van der Waals surface area contributed by atoms with Gasteiger partial charge in [0.05, 0.1) is 6.20 Å². The van der Waals surface area contributed by atoms with Crippen molar-refractivity contribution >= 4 is 5.95 Å². The third kappa shape index (κ3) is 2.23. The van der Waals surface area contributed by atoms with E-state index in [9.17, 15) is 0 Å². The van der Waals surface area contributed by atoms with Gasteiger partial charge in [-0.25, -0.2) is 4.98 Å². The van der Waals surface area contributed by atoms with Crippen molar-refractivity contribution in [3.05, 3.63) is 11.9 Å². The molecule has 0 fully saturated rings. The zero-order valence-corrected chi connectivity index (χ0v) is 8.75. The molecule has 0 aliphatic rings. The standard InChI is InChI=1S/C10H19N3/c1-4-9(5-2)7-13-8(3)6-12-10(13)11/h6,9H,4-5,7H2,1-3H3,(H2,11,12). The number of nitrogen functional groups attached to an aromatic ring is 1. The fourth-order valence-electron chi connectivity index (χ4n) is 1.52. The van der Waals surface area contributed by atoms with Gasteiger partial charge in [-0.15, -0.1) is 0 Å². The van der Waals surface area contributed by atoms with Crippen LogP contribution in [0.25, 0.3) is 0 Å². The highest BCUT2D eigenvalue weighted by Crippen LogP contribution is 2.15. The Balaban J connectivity index is 2.72. The lowest BCUT2D eigenvalue weighted by Gasteiger charge is -2.15. The van der Waals surface area contributed by atoms with Crippen molar-refractivity contribution in [1.82, 2.24) is 9.55 Å². The molecule has 1 aromatic heterocycles. The highest BCUT2D eigenvalue weighted by Gasteiger charge is 2.08. The van der Waals surface area contributed by atoms with Gasteiger partial charge in [-0.1, -0.05) is 26.7 Å². The molecule has 74 valence electrons. The number of anilines is 1. The molecule has 0 aromatic carbocycles. The van der Waals surface area contributed by atoms with Crippen molar-refractivity contribution in [2.45, 2.75) is 40.2 Å². The van der Waals surface area contributed by atoms with Crippen LogP contribution in [0.4, 0.5) is 5.95 Å². The second kappa shape index (κ2) is 4.30.